The standard InChI is InChI=1S/C17H19F3N6O4/c1-9-6-5-7-10(12(27)29-4)11(9)21-15(28)23-13-22-14(26(2)3)25-16(24-13)30-8-17(18,19)20/h5-7H,8H2,1-4H3,(H2,21,22,23,24,25,28). The van der Waals surface area contributed by atoms with E-state index in [0.29, 0.717) is 5.56 Å². The van der Waals surface area contributed by atoms with Crippen LogP contribution in [-0.2, 0) is 4.74 Å². The Morgan fingerprint density at radius 3 is 2.43 bits per heavy atom. The van der Waals surface area contributed by atoms with E-state index in [4.69, 9.17) is 0 Å². The molecular weight excluding hydrogens is 409 g/mol. The Kier molecular flexibility index (Phi) is 6.97. The van der Waals surface area contributed by atoms with E-state index in [1.807, 2.05) is 0 Å². The lowest BCUT2D eigenvalue weighted by Gasteiger charge is -2.15. The molecule has 13 heteroatoms. The summed E-state index contributed by atoms with van der Waals surface area (Å²) in [6.45, 7) is 0.0550. The second-order valence-corrected chi connectivity index (χ2v) is 6.11. The van der Waals surface area contributed by atoms with Crippen LogP contribution in [0.15, 0.2) is 18.2 Å². The van der Waals surface area contributed by atoms with Gasteiger partial charge in [0.05, 0.1) is 18.4 Å². The van der Waals surface area contributed by atoms with E-state index in [1.54, 1.807) is 33.2 Å². The molecule has 10 nitrogen and oxygen atoms in total. The SMILES string of the molecule is COC(=O)c1cccc(C)c1NC(=O)Nc1nc(OCC(F)(F)F)nc(N(C)C)n1. The Hall–Kier alpha value is -3.64. The van der Waals surface area contributed by atoms with Crippen molar-refractivity contribution >= 4 is 29.6 Å². The summed E-state index contributed by atoms with van der Waals surface area (Å²) in [6.07, 6.45) is -4.59. The summed E-state index contributed by atoms with van der Waals surface area (Å²) >= 11 is 0. The third-order valence-corrected chi connectivity index (χ3v) is 3.51. The molecule has 0 spiro atoms. The number of hydrogen-bond donors (Lipinski definition) is 2. The minimum atomic E-state index is -4.59. The maximum atomic E-state index is 12.4. The molecule has 2 rings (SSSR count). The zero-order valence-electron chi connectivity index (χ0n) is 16.5. The third kappa shape index (κ3) is 6.18. The number of benzene rings is 1. The van der Waals surface area contributed by atoms with Crippen LogP contribution in [0.5, 0.6) is 6.01 Å². The van der Waals surface area contributed by atoms with Gasteiger partial charge < -0.3 is 19.7 Å². The largest absolute Gasteiger partial charge is 0.465 e. The van der Waals surface area contributed by atoms with Crippen molar-refractivity contribution in [3.63, 3.8) is 0 Å². The molecule has 2 aromatic rings. The lowest BCUT2D eigenvalue weighted by Crippen LogP contribution is -2.25. The summed E-state index contributed by atoms with van der Waals surface area (Å²) in [6, 6.07) is 3.28. The summed E-state index contributed by atoms with van der Waals surface area (Å²) in [7, 11) is 4.29. The van der Waals surface area contributed by atoms with Gasteiger partial charge >= 0.3 is 24.2 Å². The maximum Gasteiger partial charge on any atom is 0.422 e. The van der Waals surface area contributed by atoms with Crippen LogP contribution in [0.1, 0.15) is 15.9 Å². The van der Waals surface area contributed by atoms with Crippen molar-refractivity contribution in [1.82, 2.24) is 15.0 Å². The highest BCUT2D eigenvalue weighted by atomic mass is 19.4. The number of para-hydroxylation sites is 1. The van der Waals surface area contributed by atoms with E-state index in [1.165, 1.54) is 18.1 Å². The Balaban J connectivity index is 2.24. The van der Waals surface area contributed by atoms with Crippen molar-refractivity contribution < 1.29 is 32.2 Å². The summed E-state index contributed by atoms with van der Waals surface area (Å²) in [4.78, 5) is 37.0. The molecule has 0 aliphatic rings. The fourth-order valence-corrected chi connectivity index (χ4v) is 2.17. The van der Waals surface area contributed by atoms with Gasteiger partial charge in [0.15, 0.2) is 6.61 Å². The van der Waals surface area contributed by atoms with Crippen molar-refractivity contribution in [3.8, 4) is 6.01 Å². The van der Waals surface area contributed by atoms with E-state index in [0.717, 1.165) is 0 Å². The van der Waals surface area contributed by atoms with Crippen LogP contribution in [0.2, 0.25) is 0 Å². The number of urea groups is 1. The van der Waals surface area contributed by atoms with Crippen LogP contribution in [0, 0.1) is 6.92 Å². The lowest BCUT2D eigenvalue weighted by atomic mass is 10.1. The number of methoxy groups -OCH3 is 1. The highest BCUT2D eigenvalue weighted by Crippen LogP contribution is 2.22. The molecule has 2 N–H and O–H groups in total. The van der Waals surface area contributed by atoms with E-state index >= 15 is 0 Å². The smallest absolute Gasteiger partial charge is 0.422 e. The predicted octanol–water partition coefficient (Wildman–Crippen LogP) is 2.62. The average molecular weight is 428 g/mol. The van der Waals surface area contributed by atoms with Gasteiger partial charge in [-0.15, -0.1) is 0 Å². The Bertz CT molecular complexity index is 936. The fourth-order valence-electron chi connectivity index (χ4n) is 2.17. The minimum Gasteiger partial charge on any atom is -0.465 e. The summed E-state index contributed by atoms with van der Waals surface area (Å²) in [5, 5.41) is 4.76. The minimum absolute atomic E-state index is 0.0383. The van der Waals surface area contributed by atoms with Gasteiger partial charge in [0.2, 0.25) is 11.9 Å². The molecule has 1 heterocycles. The topological polar surface area (TPSA) is 119 Å². The van der Waals surface area contributed by atoms with E-state index in [9.17, 15) is 22.8 Å². The lowest BCUT2D eigenvalue weighted by molar-refractivity contribution is -0.154. The number of aromatic nitrogens is 3. The van der Waals surface area contributed by atoms with Crippen molar-refractivity contribution in [2.45, 2.75) is 13.1 Å². The molecule has 0 aliphatic heterocycles. The molecule has 0 saturated carbocycles. The zero-order valence-corrected chi connectivity index (χ0v) is 16.5. The number of hydrogen-bond acceptors (Lipinski definition) is 8. The van der Waals surface area contributed by atoms with Crippen molar-refractivity contribution in [3.05, 3.63) is 29.3 Å². The number of ether oxygens (including phenoxy) is 2. The van der Waals surface area contributed by atoms with Crippen molar-refractivity contribution in [1.29, 1.82) is 0 Å². The monoisotopic (exact) mass is 428 g/mol. The van der Waals surface area contributed by atoms with Gasteiger partial charge in [0.1, 0.15) is 0 Å². The van der Waals surface area contributed by atoms with Crippen LogP contribution in [0.25, 0.3) is 0 Å². The number of carbonyl (C=O) groups is 2. The first-order chi connectivity index (χ1) is 14.0. The van der Waals surface area contributed by atoms with Crippen molar-refractivity contribution in [2.24, 2.45) is 0 Å². The normalized spacial score (nSPS) is 10.9. The highest BCUT2D eigenvalue weighted by Gasteiger charge is 2.29. The van der Waals surface area contributed by atoms with Crippen LogP contribution >= 0.6 is 0 Å². The van der Waals surface area contributed by atoms with Gasteiger partial charge in [-0.05, 0) is 18.6 Å². The molecule has 0 aliphatic carbocycles. The number of nitrogens with one attached hydrogen (secondary N) is 2. The van der Waals surface area contributed by atoms with Crippen molar-refractivity contribution in [2.75, 3.05) is 43.3 Å². The number of carbonyl (C=O) groups excluding carboxylic acids is 2. The second kappa shape index (κ2) is 9.24. The zero-order chi connectivity index (χ0) is 22.5. The number of esters is 1. The van der Waals surface area contributed by atoms with Crippen LogP contribution in [-0.4, -0.2) is 60.9 Å². The number of rotatable bonds is 6. The quantitative estimate of drug-likeness (QED) is 0.674. The Morgan fingerprint density at radius 2 is 1.83 bits per heavy atom. The molecule has 0 bridgehead atoms. The van der Waals surface area contributed by atoms with Crippen LogP contribution in [0.3, 0.4) is 0 Å². The van der Waals surface area contributed by atoms with E-state index in [-0.39, 0.29) is 23.1 Å². The number of halogens is 3. The molecule has 162 valence electrons. The van der Waals surface area contributed by atoms with E-state index in [2.05, 4.69) is 35.1 Å². The van der Waals surface area contributed by atoms with Crippen LogP contribution < -0.4 is 20.3 Å². The van der Waals surface area contributed by atoms with Gasteiger partial charge in [0.25, 0.3) is 0 Å². The molecule has 0 atom stereocenters. The number of nitrogens with zero attached hydrogens (tertiary/aromatic N) is 4. The molecule has 1 aromatic carbocycles. The first kappa shape index (κ1) is 22.6. The Morgan fingerprint density at radius 1 is 1.13 bits per heavy atom. The van der Waals surface area contributed by atoms with Gasteiger partial charge in [-0.3, -0.25) is 5.32 Å². The number of amides is 2. The highest BCUT2D eigenvalue weighted by molar-refractivity contribution is 6.05. The molecular formula is C17H19F3N6O4. The molecule has 30 heavy (non-hydrogen) atoms. The molecule has 0 unspecified atom stereocenters. The summed E-state index contributed by atoms with van der Waals surface area (Å²) in [5.74, 6) is -1.05. The summed E-state index contributed by atoms with van der Waals surface area (Å²) in [5.41, 5.74) is 0.885. The van der Waals surface area contributed by atoms with Crippen LogP contribution in [0.4, 0.5) is 35.5 Å². The first-order valence-electron chi connectivity index (χ1n) is 8.39. The van der Waals surface area contributed by atoms with Gasteiger partial charge in [-0.1, -0.05) is 12.1 Å². The first-order valence-corrected chi connectivity index (χ1v) is 8.39. The average Bonchev–Trinajstić information content (AvgIpc) is 2.66. The predicted molar refractivity (Wildman–Crippen MR) is 101 cm³/mol. The second-order valence-electron chi connectivity index (χ2n) is 6.11. The summed E-state index contributed by atoms with van der Waals surface area (Å²) < 4.78 is 46.4. The van der Waals surface area contributed by atoms with Gasteiger partial charge in [0, 0.05) is 14.1 Å². The number of aryl methyl sites for hydroxylation is 1. The fraction of sp³-hybridized carbons (Fsp3) is 0.353. The molecule has 0 radical (unpaired) electrons. The molecule has 0 fully saturated rings. The van der Waals surface area contributed by atoms with Gasteiger partial charge in [-0.25, -0.2) is 9.59 Å². The Labute approximate surface area is 169 Å². The molecule has 1 aromatic heterocycles. The molecule has 0 saturated heterocycles. The maximum absolute atomic E-state index is 12.4. The number of anilines is 3. The van der Waals surface area contributed by atoms with Gasteiger partial charge in [-0.2, -0.15) is 28.1 Å². The third-order valence-electron chi connectivity index (χ3n) is 3.51. The van der Waals surface area contributed by atoms with E-state index < -0.39 is 30.8 Å². The molecule has 2 amide bonds. The number of alkyl halides is 3.